The van der Waals surface area contributed by atoms with E-state index in [1.807, 2.05) is 32.1 Å². The van der Waals surface area contributed by atoms with E-state index in [2.05, 4.69) is 25.1 Å². The minimum absolute atomic E-state index is 0.0301. The number of aromatic nitrogens is 1. The molecule has 0 bridgehead atoms. The molecule has 1 aromatic heterocycles. The quantitative estimate of drug-likeness (QED) is 0.266. The maximum Gasteiger partial charge on any atom is 0.425 e. The highest BCUT2D eigenvalue weighted by Gasteiger charge is 2.63. The average molecular weight is 836 g/mol. The summed E-state index contributed by atoms with van der Waals surface area (Å²) in [5.74, 6) is -2.90. The molecule has 4 aliphatic rings. The van der Waals surface area contributed by atoms with Crippen LogP contribution in [0.4, 0.5) is 18.0 Å². The van der Waals surface area contributed by atoms with Crippen molar-refractivity contribution in [1.29, 1.82) is 0 Å². The zero-order chi connectivity index (χ0) is 42.2. The van der Waals surface area contributed by atoms with Crippen molar-refractivity contribution in [3.8, 4) is 11.6 Å². The third kappa shape index (κ3) is 9.15. The summed E-state index contributed by atoms with van der Waals surface area (Å²) in [4.78, 5) is 61.8. The molecule has 58 heavy (non-hydrogen) atoms. The molecule has 3 N–H and O–H groups in total. The molecule has 3 fully saturated rings. The molecular formula is C40H52F3N5O9S. The lowest BCUT2D eigenvalue weighted by molar-refractivity contribution is -0.197. The zero-order valence-electron chi connectivity index (χ0n) is 33.3. The monoisotopic (exact) mass is 835 g/mol. The Balaban J connectivity index is 1.34. The van der Waals surface area contributed by atoms with Gasteiger partial charge in [-0.25, -0.2) is 18.2 Å². The predicted octanol–water partition coefficient (Wildman–Crippen LogP) is 5.30. The molecule has 318 valence electrons. The van der Waals surface area contributed by atoms with Gasteiger partial charge < -0.3 is 29.7 Å². The van der Waals surface area contributed by atoms with E-state index in [1.54, 1.807) is 25.1 Å². The first-order valence-corrected chi connectivity index (χ1v) is 21.3. The summed E-state index contributed by atoms with van der Waals surface area (Å²) in [7, 11) is -4.07. The number of halogens is 3. The number of ether oxygens (including phenoxy) is 3. The Morgan fingerprint density at radius 2 is 1.83 bits per heavy atom. The van der Waals surface area contributed by atoms with Crippen molar-refractivity contribution in [3.05, 3.63) is 42.6 Å². The maximum absolute atomic E-state index is 14.7. The molecule has 4 amide bonds. The summed E-state index contributed by atoms with van der Waals surface area (Å²) < 4.78 is 84.5. The normalized spacial score (nSPS) is 29.7. The number of pyridine rings is 1. The fraction of sp³-hybridized carbons (Fsp3) is 0.625. The Labute approximate surface area is 336 Å². The van der Waals surface area contributed by atoms with E-state index in [-0.39, 0.29) is 31.2 Å². The Kier molecular flexibility index (Phi) is 12.3. The van der Waals surface area contributed by atoms with Crippen LogP contribution < -0.4 is 24.8 Å². The number of allylic oxidation sites excluding steroid dienone is 1. The molecule has 2 aliphatic heterocycles. The van der Waals surface area contributed by atoms with Crippen molar-refractivity contribution >= 4 is 44.6 Å². The fourth-order valence-electron chi connectivity index (χ4n) is 7.70. The fourth-order valence-corrected chi connectivity index (χ4v) is 9.02. The van der Waals surface area contributed by atoms with Crippen LogP contribution in [0.3, 0.4) is 0 Å². The highest BCUT2D eigenvalue weighted by atomic mass is 32.2. The van der Waals surface area contributed by atoms with Gasteiger partial charge in [-0.3, -0.25) is 19.1 Å². The van der Waals surface area contributed by atoms with Crippen molar-refractivity contribution in [3.63, 3.8) is 0 Å². The molecule has 2 aromatic rings. The van der Waals surface area contributed by atoms with Crippen LogP contribution in [-0.4, -0.2) is 96.0 Å². The molecule has 6 rings (SSSR count). The number of hydrogen-bond acceptors (Lipinski definition) is 10. The second-order valence-corrected chi connectivity index (χ2v) is 18.7. The van der Waals surface area contributed by atoms with Crippen LogP contribution in [0.15, 0.2) is 42.6 Å². The van der Waals surface area contributed by atoms with Crippen LogP contribution in [0.2, 0.25) is 0 Å². The van der Waals surface area contributed by atoms with Gasteiger partial charge in [0.1, 0.15) is 29.5 Å². The van der Waals surface area contributed by atoms with Gasteiger partial charge in [-0.1, -0.05) is 51.1 Å². The molecular weight excluding hydrogens is 784 g/mol. The number of fused-ring (bicyclic) bond motifs is 3. The number of benzene rings is 1. The summed E-state index contributed by atoms with van der Waals surface area (Å²) in [6, 6.07) is 4.53. The van der Waals surface area contributed by atoms with Crippen molar-refractivity contribution in [2.75, 3.05) is 13.2 Å². The highest BCUT2D eigenvalue weighted by Crippen LogP contribution is 2.48. The lowest BCUT2D eigenvalue weighted by atomic mass is 9.88. The smallest absolute Gasteiger partial charge is 0.425 e. The molecule has 1 aromatic carbocycles. The Morgan fingerprint density at radius 1 is 1.12 bits per heavy atom. The first-order chi connectivity index (χ1) is 27.3. The number of nitrogens with zero attached hydrogens (tertiary/aromatic N) is 2. The van der Waals surface area contributed by atoms with E-state index >= 15 is 0 Å². The van der Waals surface area contributed by atoms with Gasteiger partial charge >= 0.3 is 12.3 Å². The molecule has 8 atom stereocenters. The van der Waals surface area contributed by atoms with Crippen molar-refractivity contribution in [2.45, 2.75) is 127 Å². The molecule has 18 heteroatoms. The lowest BCUT2D eigenvalue weighted by Gasteiger charge is -2.33. The first-order valence-electron chi connectivity index (χ1n) is 19.9. The molecule has 0 unspecified atom stereocenters. The van der Waals surface area contributed by atoms with E-state index in [4.69, 9.17) is 9.47 Å². The third-order valence-corrected chi connectivity index (χ3v) is 13.9. The van der Waals surface area contributed by atoms with Crippen LogP contribution in [0.1, 0.15) is 86.0 Å². The molecule has 0 radical (unpaired) electrons. The molecule has 14 nitrogen and oxygen atoms in total. The molecule has 2 saturated carbocycles. The summed E-state index contributed by atoms with van der Waals surface area (Å²) in [5.41, 5.74) is -1.64. The summed E-state index contributed by atoms with van der Waals surface area (Å²) >= 11 is 0. The van der Waals surface area contributed by atoms with Gasteiger partial charge in [0.2, 0.25) is 27.7 Å². The van der Waals surface area contributed by atoms with E-state index in [9.17, 15) is 40.8 Å². The Bertz CT molecular complexity index is 2040. The number of sulfonamides is 1. The van der Waals surface area contributed by atoms with Crippen LogP contribution in [0.5, 0.6) is 11.6 Å². The number of carbonyl (C=O) groups is 4. The maximum atomic E-state index is 14.7. The van der Waals surface area contributed by atoms with Crippen molar-refractivity contribution in [2.24, 2.45) is 17.8 Å². The Hall–Kier alpha value is -4.61. The van der Waals surface area contributed by atoms with E-state index < -0.39 is 86.4 Å². The number of rotatable bonds is 10. The number of nitrogens with one attached hydrogen (secondary N) is 3. The molecule has 2 aliphatic carbocycles. The highest BCUT2D eigenvalue weighted by molar-refractivity contribution is 7.91. The van der Waals surface area contributed by atoms with E-state index in [1.165, 1.54) is 18.0 Å². The zero-order valence-corrected chi connectivity index (χ0v) is 34.1. The van der Waals surface area contributed by atoms with Gasteiger partial charge in [0, 0.05) is 23.1 Å². The average Bonchev–Trinajstić information content (AvgIpc) is 4.04. The minimum atomic E-state index is -4.85. The summed E-state index contributed by atoms with van der Waals surface area (Å²) in [5, 5.41) is 6.49. The number of amides is 4. The van der Waals surface area contributed by atoms with Gasteiger partial charge in [0.25, 0.3) is 5.91 Å². The van der Waals surface area contributed by atoms with Crippen molar-refractivity contribution in [1.82, 2.24) is 25.2 Å². The van der Waals surface area contributed by atoms with Gasteiger partial charge in [-0.05, 0) is 76.7 Å². The second kappa shape index (κ2) is 16.6. The number of alkyl halides is 3. The van der Waals surface area contributed by atoms with Crippen LogP contribution in [0, 0.1) is 17.8 Å². The first kappa shape index (κ1) is 43.0. The van der Waals surface area contributed by atoms with Crippen LogP contribution >= 0.6 is 0 Å². The van der Waals surface area contributed by atoms with Gasteiger partial charge in [-0.15, -0.1) is 0 Å². The van der Waals surface area contributed by atoms with Gasteiger partial charge in [0.15, 0.2) is 6.10 Å². The van der Waals surface area contributed by atoms with Gasteiger partial charge in [0.05, 0.1) is 24.1 Å². The number of carbonyl (C=O) groups excluding carboxylic acids is 4. The topological polar surface area (TPSA) is 182 Å². The van der Waals surface area contributed by atoms with E-state index in [0.717, 1.165) is 11.8 Å². The van der Waals surface area contributed by atoms with Gasteiger partial charge in [-0.2, -0.15) is 13.2 Å². The van der Waals surface area contributed by atoms with E-state index in [0.29, 0.717) is 56.8 Å². The largest absolute Gasteiger partial charge is 0.491 e. The third-order valence-electron chi connectivity index (χ3n) is 11.7. The standard InChI is InChI=1S/C40H52F3N5O9S/c1-6-17-55-31-21-44-34(29-14-10-9-13-28(29)31)57-27-19-30-33(49)46-39(36(51)47-58(53,54)38(5)15-16-38)20-26(39)12-8-7-11-23(2)18-24(3)32(35(50)48(30)22-27)45-37(52)56-25(4)40(41,42)43/h8-10,12-14,21,23-27,30,32H,6-7,11,15-20,22H2,1-5H3,(H,45,52)(H,46,49)(H,47,51)/b12-8-/t23-,24-,25-,26-,27-,30+,32+,39-/m1/s1. The van der Waals surface area contributed by atoms with Crippen LogP contribution in [-0.2, 0) is 29.1 Å². The number of alkyl carbamates (subject to hydrolysis) is 1. The summed E-state index contributed by atoms with van der Waals surface area (Å²) in [6.07, 6.45) is -1.39. The second-order valence-electron chi connectivity index (χ2n) is 16.5. The summed E-state index contributed by atoms with van der Waals surface area (Å²) in [6.45, 7) is 8.07. The molecule has 3 heterocycles. The minimum Gasteiger partial charge on any atom is -0.491 e. The molecule has 1 saturated heterocycles. The van der Waals surface area contributed by atoms with Crippen LogP contribution in [0.25, 0.3) is 10.8 Å². The Morgan fingerprint density at radius 3 is 2.50 bits per heavy atom. The molecule has 0 spiro atoms. The van der Waals surface area contributed by atoms with Crippen molar-refractivity contribution < 1.29 is 55.0 Å². The number of hydrogen-bond donors (Lipinski definition) is 3. The predicted molar refractivity (Wildman–Crippen MR) is 206 cm³/mol. The SMILES string of the molecule is CCCOc1cnc(O[C@@H]2C[C@H]3C(=O)N[C@]4(C(=O)NS(=O)(=O)C5(C)CC5)C[C@H]4/C=C\CC[C@@H](C)C[C@@H](C)[C@H](NC(=O)O[C@H](C)C(F)(F)F)C(=O)N3C2)c2ccccc12. The lowest BCUT2D eigenvalue weighted by Crippen LogP contribution is -2.59.